The van der Waals surface area contributed by atoms with Gasteiger partial charge in [0.2, 0.25) is 0 Å². The zero-order chi connectivity index (χ0) is 23.2. The van der Waals surface area contributed by atoms with Gasteiger partial charge in [-0.2, -0.15) is 0 Å². The Kier molecular flexibility index (Phi) is 6.28. The summed E-state index contributed by atoms with van der Waals surface area (Å²) < 4.78 is 0. The van der Waals surface area contributed by atoms with E-state index in [-0.39, 0.29) is 0 Å². The van der Waals surface area contributed by atoms with Gasteiger partial charge in [0, 0.05) is 0 Å². The van der Waals surface area contributed by atoms with Gasteiger partial charge in [-0.25, -0.2) is 10.7 Å². The lowest BCUT2D eigenvalue weighted by Gasteiger charge is -2.87. The van der Waals surface area contributed by atoms with Crippen LogP contribution in [0.2, 0.25) is 30.2 Å². The van der Waals surface area contributed by atoms with Gasteiger partial charge in [0.1, 0.15) is 13.5 Å². The second-order valence-electron chi connectivity index (χ2n) is 15.7. The first kappa shape index (κ1) is 27.0. The van der Waals surface area contributed by atoms with Crippen LogP contribution >= 0.6 is 10.7 Å². The minimum absolute atomic E-state index is 0.412. The highest BCUT2D eigenvalue weighted by atomic mass is 32.6. The molecule has 0 amide bonds. The maximum absolute atomic E-state index is 2.70. The van der Waals surface area contributed by atoms with Crippen molar-refractivity contribution in [1.29, 1.82) is 0 Å². The van der Waals surface area contributed by atoms with Crippen LogP contribution in [0.3, 0.4) is 0 Å². The average Bonchev–Trinajstić information content (AvgIpc) is 2.13. The van der Waals surface area contributed by atoms with Gasteiger partial charge in [-0.3, -0.25) is 0 Å². The van der Waals surface area contributed by atoms with Gasteiger partial charge in [0.15, 0.2) is 0 Å². The lowest BCUT2D eigenvalue weighted by atomic mass is 10.2. The number of hydrogen-bond donors (Lipinski definition) is 0. The molecule has 4 heteroatoms. The van der Waals surface area contributed by atoms with Crippen molar-refractivity contribution >= 4 is 31.3 Å². The molecule has 0 spiro atoms. The van der Waals surface area contributed by atoms with Crippen LogP contribution in [0.4, 0.5) is 0 Å². The van der Waals surface area contributed by atoms with Crippen molar-refractivity contribution in [2.75, 3.05) is 0 Å². The molecule has 1 rings (SSSR count). The van der Waals surface area contributed by atoms with Crippen molar-refractivity contribution in [2.24, 2.45) is 0 Å². The predicted molar refractivity (Wildman–Crippen MR) is 143 cm³/mol. The SMILES string of the molecule is CC(C)(C)[Si]1(C(C)(C)C)S[Si](C(C)(C)C)(C(C)(C)C)[Si]1(C(C)(C)C)C(C)(C)C. The third-order valence-electron chi connectivity index (χ3n) is 7.84. The molecule has 0 aromatic carbocycles. The van der Waals surface area contributed by atoms with E-state index < -0.39 is 20.6 Å². The molecular weight excluding hydrogens is 405 g/mol. The van der Waals surface area contributed by atoms with Crippen molar-refractivity contribution < 1.29 is 0 Å². The van der Waals surface area contributed by atoms with E-state index in [1.165, 1.54) is 0 Å². The Morgan fingerprint density at radius 2 is 0.500 bits per heavy atom. The summed E-state index contributed by atoms with van der Waals surface area (Å²) in [4.78, 5) is 0. The Hall–Kier alpha value is 1.00. The summed E-state index contributed by atoms with van der Waals surface area (Å²) in [6.07, 6.45) is 0. The molecule has 0 saturated carbocycles. The number of rotatable bonds is 0. The fraction of sp³-hybridized carbons (Fsp3) is 1.00. The summed E-state index contributed by atoms with van der Waals surface area (Å²) in [7, 11) is 0.890. The molecule has 1 aliphatic heterocycles. The fourth-order valence-corrected chi connectivity index (χ4v) is 126. The topological polar surface area (TPSA) is 0 Å². The van der Waals surface area contributed by atoms with Crippen LogP contribution in [0.25, 0.3) is 0 Å². The predicted octanol–water partition coefficient (Wildman–Crippen LogP) is 10.0. The van der Waals surface area contributed by atoms with Gasteiger partial charge in [-0.05, 0) is 30.2 Å². The van der Waals surface area contributed by atoms with Gasteiger partial charge < -0.3 is 0 Å². The Morgan fingerprint density at radius 3 is 0.607 bits per heavy atom. The normalized spacial score (nSPS) is 23.4. The molecule has 1 saturated heterocycles. The Morgan fingerprint density at radius 1 is 0.321 bits per heavy atom. The molecule has 0 aromatic rings. The zero-order valence-corrected chi connectivity index (χ0v) is 26.7. The van der Waals surface area contributed by atoms with Gasteiger partial charge in [0.25, 0.3) is 0 Å². The molecule has 0 atom stereocenters. The highest BCUT2D eigenvalue weighted by Crippen LogP contribution is 2.87. The van der Waals surface area contributed by atoms with Crippen molar-refractivity contribution in [3.05, 3.63) is 0 Å². The molecule has 1 fully saturated rings. The molecule has 0 N–H and O–H groups in total. The van der Waals surface area contributed by atoms with Gasteiger partial charge in [-0.1, -0.05) is 125 Å². The summed E-state index contributed by atoms with van der Waals surface area (Å²) in [5.41, 5.74) is 0. The van der Waals surface area contributed by atoms with E-state index >= 15 is 0 Å². The highest BCUT2D eigenvalue weighted by Gasteiger charge is 2.92. The standard InChI is InChI=1S/C24H54SSi3/c1-19(2,3)26(20(4,5)6)25-27(21(7,8)9,22(10,11)12)28(26,23(13,14)15)24(16,17)18/h1-18H3. The van der Waals surface area contributed by atoms with Crippen molar-refractivity contribution in [2.45, 2.75) is 155 Å². The van der Waals surface area contributed by atoms with Crippen LogP contribution < -0.4 is 0 Å². The molecule has 0 radical (unpaired) electrons. The second-order valence-corrected chi connectivity index (χ2v) is 47.9. The molecule has 0 unspecified atom stereocenters. The first-order valence-corrected chi connectivity index (χ1v) is 21.7. The van der Waals surface area contributed by atoms with E-state index in [2.05, 4.69) is 135 Å². The molecule has 0 nitrogen and oxygen atoms in total. The quantitative estimate of drug-likeness (QED) is 0.325. The van der Waals surface area contributed by atoms with E-state index in [4.69, 9.17) is 0 Å². The molecule has 28 heavy (non-hydrogen) atoms. The average molecular weight is 459 g/mol. The molecule has 0 aromatic heterocycles. The molecular formula is C24H54SSi3. The summed E-state index contributed by atoms with van der Waals surface area (Å²) >= 11 is 0. The third-order valence-corrected chi connectivity index (χ3v) is 83.6. The monoisotopic (exact) mass is 458 g/mol. The lowest BCUT2D eigenvalue weighted by Crippen LogP contribution is -2.99. The van der Waals surface area contributed by atoms with Crippen molar-refractivity contribution in [3.63, 3.8) is 0 Å². The lowest BCUT2D eigenvalue weighted by molar-refractivity contribution is 0.581. The Labute approximate surface area is 185 Å². The first-order chi connectivity index (χ1) is 11.7. The van der Waals surface area contributed by atoms with Crippen molar-refractivity contribution in [3.8, 4) is 0 Å². The molecule has 168 valence electrons. The van der Waals surface area contributed by atoms with E-state index in [1.807, 2.05) is 0 Å². The van der Waals surface area contributed by atoms with E-state index in [1.54, 1.807) is 0 Å². The van der Waals surface area contributed by atoms with Crippen LogP contribution in [0, 0.1) is 0 Å². The van der Waals surface area contributed by atoms with Gasteiger partial charge in [0.05, 0.1) is 7.11 Å². The van der Waals surface area contributed by atoms with Crippen LogP contribution in [-0.2, 0) is 0 Å². The molecule has 0 bridgehead atoms. The summed E-state index contributed by atoms with van der Waals surface area (Å²) in [6.45, 7) is 44.1. The largest absolute Gasteiger partial charge is 0.209 e. The molecule has 0 aliphatic carbocycles. The molecule has 1 heterocycles. The van der Waals surface area contributed by atoms with Crippen LogP contribution in [0.5, 0.6) is 0 Å². The minimum atomic E-state index is -1.81. The Balaban J connectivity index is 4.44. The zero-order valence-electron chi connectivity index (χ0n) is 22.9. The number of hydrogen-bond acceptors (Lipinski definition) is 1. The Bertz CT molecular complexity index is 511. The second kappa shape index (κ2) is 6.51. The third kappa shape index (κ3) is 2.92. The maximum atomic E-state index is 2.70. The van der Waals surface area contributed by atoms with Gasteiger partial charge in [-0.15, -0.1) is 0 Å². The fourth-order valence-electron chi connectivity index (χ4n) is 8.93. The maximum Gasteiger partial charge on any atom is 0.112 e. The molecule has 1 aliphatic rings. The van der Waals surface area contributed by atoms with Crippen LogP contribution in [0.1, 0.15) is 125 Å². The van der Waals surface area contributed by atoms with Gasteiger partial charge >= 0.3 is 0 Å². The first-order valence-electron chi connectivity index (χ1n) is 11.4. The van der Waals surface area contributed by atoms with Crippen LogP contribution in [-0.4, -0.2) is 20.6 Å². The van der Waals surface area contributed by atoms with E-state index in [0.29, 0.717) is 30.2 Å². The smallest absolute Gasteiger partial charge is 0.112 e. The minimum Gasteiger partial charge on any atom is -0.209 e. The summed E-state index contributed by atoms with van der Waals surface area (Å²) in [5.74, 6) is 0. The summed E-state index contributed by atoms with van der Waals surface area (Å²) in [5, 5.41) is 2.48. The van der Waals surface area contributed by atoms with E-state index in [0.717, 1.165) is 0 Å². The summed E-state index contributed by atoms with van der Waals surface area (Å²) in [6, 6.07) is 0. The van der Waals surface area contributed by atoms with E-state index in [9.17, 15) is 0 Å². The highest BCUT2D eigenvalue weighted by molar-refractivity contribution is 8.70. The van der Waals surface area contributed by atoms with Crippen LogP contribution in [0.15, 0.2) is 0 Å². The van der Waals surface area contributed by atoms with Crippen molar-refractivity contribution in [1.82, 2.24) is 0 Å².